The highest BCUT2D eigenvalue weighted by Crippen LogP contribution is 2.15. The summed E-state index contributed by atoms with van der Waals surface area (Å²) >= 11 is 1.76. The molecule has 0 bridgehead atoms. The minimum Gasteiger partial charge on any atom is -0.468 e. The summed E-state index contributed by atoms with van der Waals surface area (Å²) in [6, 6.07) is 3.88. The topological polar surface area (TPSA) is 31.6 Å². The molecule has 1 aromatic rings. The van der Waals surface area contributed by atoms with E-state index in [9.17, 15) is 0 Å². The Hall–Kier alpha value is -0.450. The minimum absolute atomic E-state index is 0.0973. The van der Waals surface area contributed by atoms with Crippen molar-refractivity contribution in [2.45, 2.75) is 25.9 Å². The van der Waals surface area contributed by atoms with Gasteiger partial charge in [0.25, 0.3) is 0 Å². The fraction of sp³-hybridized carbons (Fsp3) is 0.636. The van der Waals surface area contributed by atoms with Crippen molar-refractivity contribution >= 4 is 11.8 Å². The van der Waals surface area contributed by atoms with Crippen molar-refractivity contribution in [2.24, 2.45) is 0 Å². The Morgan fingerprint density at radius 1 is 1.33 bits per heavy atom. The van der Waals surface area contributed by atoms with E-state index in [1.807, 2.05) is 26.0 Å². The van der Waals surface area contributed by atoms with Crippen molar-refractivity contribution in [3.63, 3.8) is 0 Å². The molecule has 0 saturated heterocycles. The van der Waals surface area contributed by atoms with E-state index in [0.29, 0.717) is 13.2 Å². The van der Waals surface area contributed by atoms with Gasteiger partial charge in [-0.25, -0.2) is 0 Å². The number of hydrogen-bond donors (Lipinski definition) is 0. The fourth-order valence-electron chi connectivity index (χ4n) is 1.17. The summed E-state index contributed by atoms with van der Waals surface area (Å²) in [6.07, 6.45) is 1.60. The highest BCUT2D eigenvalue weighted by atomic mass is 32.2. The summed E-state index contributed by atoms with van der Waals surface area (Å²) < 4.78 is 16.1. The van der Waals surface area contributed by atoms with Crippen molar-refractivity contribution in [2.75, 3.05) is 19.0 Å². The number of rotatable bonds is 8. The van der Waals surface area contributed by atoms with Crippen LogP contribution in [0, 0.1) is 0 Å². The third-order valence-corrected chi connectivity index (χ3v) is 2.78. The maximum absolute atomic E-state index is 5.43. The Balaban J connectivity index is 2.15. The standard InChI is InChI=1S/C11H18O3S/c1-3-12-11(13-4-2)9-15-8-10-6-5-7-14-10/h5-7,11H,3-4,8-9H2,1-2H3. The molecule has 15 heavy (non-hydrogen) atoms. The molecule has 0 spiro atoms. The molecule has 1 rings (SSSR count). The SMILES string of the molecule is CCOC(CSCc1ccco1)OCC. The van der Waals surface area contributed by atoms with Crippen molar-refractivity contribution in [3.05, 3.63) is 24.2 Å². The van der Waals surface area contributed by atoms with Crippen molar-refractivity contribution in [1.82, 2.24) is 0 Å². The molecule has 0 N–H and O–H groups in total. The van der Waals surface area contributed by atoms with E-state index < -0.39 is 0 Å². The highest BCUT2D eigenvalue weighted by molar-refractivity contribution is 7.98. The Bertz CT molecular complexity index is 230. The number of furan rings is 1. The molecular formula is C11H18O3S. The smallest absolute Gasteiger partial charge is 0.166 e. The molecular weight excluding hydrogens is 212 g/mol. The molecule has 1 aromatic heterocycles. The third-order valence-electron chi connectivity index (χ3n) is 1.78. The number of ether oxygens (including phenoxy) is 2. The second-order valence-corrected chi connectivity index (χ2v) is 3.96. The van der Waals surface area contributed by atoms with Crippen LogP contribution in [0.5, 0.6) is 0 Å². The van der Waals surface area contributed by atoms with Gasteiger partial charge in [0, 0.05) is 19.0 Å². The molecule has 3 nitrogen and oxygen atoms in total. The van der Waals surface area contributed by atoms with Gasteiger partial charge in [0.15, 0.2) is 6.29 Å². The highest BCUT2D eigenvalue weighted by Gasteiger charge is 2.08. The van der Waals surface area contributed by atoms with Crippen LogP contribution < -0.4 is 0 Å². The first-order valence-corrected chi connectivity index (χ1v) is 6.35. The summed E-state index contributed by atoms with van der Waals surface area (Å²) in [6.45, 7) is 5.32. The molecule has 86 valence electrons. The van der Waals surface area contributed by atoms with Crippen molar-refractivity contribution < 1.29 is 13.9 Å². The van der Waals surface area contributed by atoms with Crippen molar-refractivity contribution in [1.29, 1.82) is 0 Å². The van der Waals surface area contributed by atoms with Crippen LogP contribution >= 0.6 is 11.8 Å². The molecule has 0 saturated carbocycles. The van der Waals surface area contributed by atoms with Crippen LogP contribution in [0.1, 0.15) is 19.6 Å². The van der Waals surface area contributed by atoms with Crippen LogP contribution in [0.15, 0.2) is 22.8 Å². The van der Waals surface area contributed by atoms with Crippen LogP contribution in [0.3, 0.4) is 0 Å². The Morgan fingerprint density at radius 3 is 2.60 bits per heavy atom. The quantitative estimate of drug-likeness (QED) is 0.643. The van der Waals surface area contributed by atoms with E-state index in [4.69, 9.17) is 13.9 Å². The zero-order valence-electron chi connectivity index (χ0n) is 9.27. The number of hydrogen-bond acceptors (Lipinski definition) is 4. The van der Waals surface area contributed by atoms with Crippen LogP contribution in [0.25, 0.3) is 0 Å². The second-order valence-electron chi connectivity index (χ2n) is 2.93. The van der Waals surface area contributed by atoms with E-state index >= 15 is 0 Å². The summed E-state index contributed by atoms with van der Waals surface area (Å²) in [4.78, 5) is 0. The first kappa shape index (κ1) is 12.6. The average Bonchev–Trinajstić information content (AvgIpc) is 2.71. The van der Waals surface area contributed by atoms with E-state index in [1.165, 1.54) is 0 Å². The van der Waals surface area contributed by atoms with E-state index in [2.05, 4.69) is 0 Å². The lowest BCUT2D eigenvalue weighted by Crippen LogP contribution is -2.20. The van der Waals surface area contributed by atoms with Gasteiger partial charge in [0.05, 0.1) is 12.0 Å². The maximum Gasteiger partial charge on any atom is 0.166 e. The maximum atomic E-state index is 5.43. The molecule has 0 aliphatic carbocycles. The second kappa shape index (κ2) is 7.79. The fourth-order valence-corrected chi connectivity index (χ4v) is 2.03. The lowest BCUT2D eigenvalue weighted by molar-refractivity contribution is -0.120. The summed E-state index contributed by atoms with van der Waals surface area (Å²) in [7, 11) is 0. The Morgan fingerprint density at radius 2 is 2.07 bits per heavy atom. The van der Waals surface area contributed by atoms with Crippen LogP contribution in [-0.4, -0.2) is 25.3 Å². The van der Waals surface area contributed by atoms with Gasteiger partial charge in [-0.15, -0.1) is 11.8 Å². The summed E-state index contributed by atoms with van der Waals surface area (Å²) in [5.74, 6) is 2.69. The number of thioether (sulfide) groups is 1. The molecule has 0 fully saturated rings. The van der Waals surface area contributed by atoms with Gasteiger partial charge in [0.2, 0.25) is 0 Å². The first-order valence-electron chi connectivity index (χ1n) is 5.20. The van der Waals surface area contributed by atoms with E-state index in [0.717, 1.165) is 17.3 Å². The van der Waals surface area contributed by atoms with Crippen molar-refractivity contribution in [3.8, 4) is 0 Å². The predicted octanol–water partition coefficient (Wildman–Crippen LogP) is 2.91. The monoisotopic (exact) mass is 230 g/mol. The van der Waals surface area contributed by atoms with Gasteiger partial charge in [-0.3, -0.25) is 0 Å². The van der Waals surface area contributed by atoms with Gasteiger partial charge >= 0.3 is 0 Å². The molecule has 4 heteroatoms. The average molecular weight is 230 g/mol. The molecule has 0 radical (unpaired) electrons. The van der Waals surface area contributed by atoms with Crippen LogP contribution in [0.4, 0.5) is 0 Å². The Kier molecular flexibility index (Phi) is 6.55. The van der Waals surface area contributed by atoms with Crippen LogP contribution in [-0.2, 0) is 15.2 Å². The Labute approximate surface area is 95.1 Å². The van der Waals surface area contributed by atoms with Crippen LogP contribution in [0.2, 0.25) is 0 Å². The zero-order valence-corrected chi connectivity index (χ0v) is 10.1. The minimum atomic E-state index is -0.0973. The van der Waals surface area contributed by atoms with E-state index in [-0.39, 0.29) is 6.29 Å². The summed E-state index contributed by atoms with van der Waals surface area (Å²) in [5.41, 5.74) is 0. The first-order chi connectivity index (χ1) is 7.36. The molecule has 1 heterocycles. The van der Waals surface area contributed by atoms with E-state index in [1.54, 1.807) is 18.0 Å². The molecule has 0 amide bonds. The third kappa shape index (κ3) is 5.25. The van der Waals surface area contributed by atoms with Gasteiger partial charge < -0.3 is 13.9 Å². The van der Waals surface area contributed by atoms with Gasteiger partial charge in [-0.2, -0.15) is 0 Å². The molecule has 0 aromatic carbocycles. The van der Waals surface area contributed by atoms with Gasteiger partial charge in [0.1, 0.15) is 5.76 Å². The molecule has 0 atom stereocenters. The molecule has 0 unspecified atom stereocenters. The van der Waals surface area contributed by atoms with Gasteiger partial charge in [-0.1, -0.05) is 0 Å². The van der Waals surface area contributed by atoms with Gasteiger partial charge in [-0.05, 0) is 26.0 Å². The normalized spacial score (nSPS) is 11.1. The molecule has 0 aliphatic rings. The lowest BCUT2D eigenvalue weighted by atomic mass is 10.5. The largest absolute Gasteiger partial charge is 0.468 e. The summed E-state index contributed by atoms with van der Waals surface area (Å²) in [5, 5.41) is 0. The lowest BCUT2D eigenvalue weighted by Gasteiger charge is -2.15. The zero-order chi connectivity index (χ0) is 10.9. The molecule has 0 aliphatic heterocycles. The predicted molar refractivity (Wildman–Crippen MR) is 61.9 cm³/mol.